The Morgan fingerprint density at radius 2 is 2.10 bits per heavy atom. The van der Waals surface area contributed by atoms with E-state index in [2.05, 4.69) is 43.1 Å². The maximum Gasteiger partial charge on any atom is 0.300 e. The molecule has 6 nitrogen and oxygen atoms in total. The number of amides is 1. The Hall–Kier alpha value is -3.63. The van der Waals surface area contributed by atoms with E-state index in [1.165, 1.54) is 0 Å². The van der Waals surface area contributed by atoms with E-state index in [0.717, 1.165) is 15.7 Å². The van der Waals surface area contributed by atoms with Gasteiger partial charge in [-0.2, -0.15) is 0 Å². The van der Waals surface area contributed by atoms with E-state index >= 15 is 0 Å². The first-order valence-corrected chi connectivity index (χ1v) is 9.88. The molecule has 0 spiro atoms. The Morgan fingerprint density at radius 1 is 1.20 bits per heavy atom. The van der Waals surface area contributed by atoms with Crippen molar-refractivity contribution in [1.29, 1.82) is 0 Å². The molecule has 7 heteroatoms. The van der Waals surface area contributed by atoms with Crippen LogP contribution < -0.4 is 10.1 Å². The van der Waals surface area contributed by atoms with Gasteiger partial charge >= 0.3 is 0 Å². The van der Waals surface area contributed by atoms with Gasteiger partial charge in [-0.15, -0.1) is 0 Å². The van der Waals surface area contributed by atoms with Crippen molar-refractivity contribution >= 4 is 38.6 Å². The number of hydrogen-bond acceptors (Lipinski definition) is 5. The molecule has 2 aromatic heterocycles. The van der Waals surface area contributed by atoms with Gasteiger partial charge in [0.05, 0.1) is 11.4 Å². The number of pyridine rings is 1. The molecular formula is C23H16BrN3O3. The summed E-state index contributed by atoms with van der Waals surface area (Å²) in [4.78, 5) is 20.9. The summed E-state index contributed by atoms with van der Waals surface area (Å²) in [6.45, 7) is 1.87. The number of anilines is 1. The second-order valence-electron chi connectivity index (χ2n) is 6.28. The molecule has 0 unspecified atom stereocenters. The lowest BCUT2D eigenvalue weighted by atomic mass is 10.2. The second-order valence-corrected chi connectivity index (χ2v) is 7.20. The van der Waals surface area contributed by atoms with Crippen LogP contribution in [-0.4, -0.2) is 15.9 Å². The molecule has 2 aromatic carbocycles. The zero-order valence-electron chi connectivity index (χ0n) is 16.0. The minimum atomic E-state index is -0.432. The highest BCUT2D eigenvalue weighted by Crippen LogP contribution is 2.33. The minimum absolute atomic E-state index is 0.263. The zero-order valence-corrected chi connectivity index (χ0v) is 17.6. The third kappa shape index (κ3) is 4.50. The van der Waals surface area contributed by atoms with Crippen molar-refractivity contribution in [2.24, 2.45) is 0 Å². The SMILES string of the molecule is CC#CC(=O)Nc1cc(-c2nc3cc(Br)ccc3o2)ccc1OCc1ccccn1. The van der Waals surface area contributed by atoms with Gasteiger partial charge in [0.2, 0.25) is 5.89 Å². The number of halogens is 1. The molecule has 0 atom stereocenters. The van der Waals surface area contributed by atoms with Gasteiger partial charge in [0, 0.05) is 16.2 Å². The molecule has 1 N–H and O–H groups in total. The molecule has 2 heterocycles. The fraction of sp³-hybridized carbons (Fsp3) is 0.0870. The normalized spacial score (nSPS) is 10.3. The van der Waals surface area contributed by atoms with Crippen molar-refractivity contribution in [3.63, 3.8) is 0 Å². The molecule has 0 radical (unpaired) electrons. The molecule has 0 aliphatic heterocycles. The number of aromatic nitrogens is 2. The number of hydrogen-bond donors (Lipinski definition) is 1. The number of carbonyl (C=O) groups excluding carboxylic acids is 1. The molecule has 4 aromatic rings. The average Bonchev–Trinajstić information content (AvgIpc) is 3.17. The second kappa shape index (κ2) is 8.80. The maximum atomic E-state index is 12.1. The van der Waals surface area contributed by atoms with Crippen molar-refractivity contribution < 1.29 is 13.9 Å². The van der Waals surface area contributed by atoms with Crippen LogP contribution in [0.5, 0.6) is 5.75 Å². The number of nitrogens with zero attached hydrogens (tertiary/aromatic N) is 2. The van der Waals surface area contributed by atoms with Crippen molar-refractivity contribution in [3.05, 3.63) is 71.0 Å². The van der Waals surface area contributed by atoms with E-state index in [4.69, 9.17) is 9.15 Å². The van der Waals surface area contributed by atoms with E-state index in [1.54, 1.807) is 25.3 Å². The van der Waals surface area contributed by atoms with Crippen LogP contribution in [0.1, 0.15) is 12.6 Å². The highest BCUT2D eigenvalue weighted by molar-refractivity contribution is 9.10. The highest BCUT2D eigenvalue weighted by Gasteiger charge is 2.14. The highest BCUT2D eigenvalue weighted by atomic mass is 79.9. The fourth-order valence-electron chi connectivity index (χ4n) is 2.81. The first kappa shape index (κ1) is 19.7. The first-order chi connectivity index (χ1) is 14.6. The molecule has 0 fully saturated rings. The number of carbonyl (C=O) groups is 1. The van der Waals surface area contributed by atoms with E-state index in [0.29, 0.717) is 28.5 Å². The third-order valence-electron chi connectivity index (χ3n) is 4.16. The van der Waals surface area contributed by atoms with Gasteiger partial charge in [-0.3, -0.25) is 9.78 Å². The summed E-state index contributed by atoms with van der Waals surface area (Å²) in [6, 6.07) is 16.6. The van der Waals surface area contributed by atoms with Crippen LogP contribution in [0, 0.1) is 11.8 Å². The molecule has 0 saturated heterocycles. The van der Waals surface area contributed by atoms with Gasteiger partial charge in [0.15, 0.2) is 5.58 Å². The average molecular weight is 462 g/mol. The smallest absolute Gasteiger partial charge is 0.300 e. The molecule has 0 bridgehead atoms. The molecule has 0 saturated carbocycles. The molecule has 148 valence electrons. The Bertz CT molecular complexity index is 1270. The first-order valence-electron chi connectivity index (χ1n) is 9.09. The van der Waals surface area contributed by atoms with Gasteiger partial charge in [0.1, 0.15) is 17.9 Å². The lowest BCUT2D eigenvalue weighted by Gasteiger charge is -2.12. The summed E-state index contributed by atoms with van der Waals surface area (Å²) < 4.78 is 12.7. The molecular weight excluding hydrogens is 446 g/mol. The summed E-state index contributed by atoms with van der Waals surface area (Å²) in [6.07, 6.45) is 1.70. The van der Waals surface area contributed by atoms with Crippen LogP contribution in [-0.2, 0) is 11.4 Å². The number of benzene rings is 2. The van der Waals surface area contributed by atoms with Gasteiger partial charge in [0.25, 0.3) is 5.91 Å². The molecule has 30 heavy (non-hydrogen) atoms. The summed E-state index contributed by atoms with van der Waals surface area (Å²) in [5.41, 5.74) is 3.35. The summed E-state index contributed by atoms with van der Waals surface area (Å²) >= 11 is 3.43. The van der Waals surface area contributed by atoms with Gasteiger partial charge < -0.3 is 14.5 Å². The fourth-order valence-corrected chi connectivity index (χ4v) is 3.16. The van der Waals surface area contributed by atoms with E-state index < -0.39 is 5.91 Å². The predicted octanol–water partition coefficient (Wildman–Crippen LogP) is 5.19. The lowest BCUT2D eigenvalue weighted by molar-refractivity contribution is -0.111. The summed E-state index contributed by atoms with van der Waals surface area (Å²) in [5, 5.41) is 2.77. The zero-order chi connectivity index (χ0) is 20.9. The van der Waals surface area contributed by atoms with Gasteiger partial charge in [-0.05, 0) is 61.4 Å². The number of fused-ring (bicyclic) bond motifs is 1. The van der Waals surface area contributed by atoms with Crippen LogP contribution in [0.15, 0.2) is 69.7 Å². The standard InChI is InChI=1S/C23H16BrN3O3/c1-2-5-22(28)26-18-12-15(23-27-19-13-16(24)8-10-21(19)30-23)7-9-20(18)29-14-17-6-3-4-11-25-17/h3-4,6-13H,14H2,1H3,(H,26,28). The van der Waals surface area contributed by atoms with Gasteiger partial charge in [-0.1, -0.05) is 27.9 Å². The third-order valence-corrected chi connectivity index (χ3v) is 4.66. The maximum absolute atomic E-state index is 12.1. The van der Waals surface area contributed by atoms with Crippen LogP contribution in [0.2, 0.25) is 0 Å². The Labute approximate surface area is 181 Å². The summed E-state index contributed by atoms with van der Waals surface area (Å²) in [7, 11) is 0. The minimum Gasteiger partial charge on any atom is -0.485 e. The van der Waals surface area contributed by atoms with Crippen LogP contribution >= 0.6 is 15.9 Å². The Morgan fingerprint density at radius 3 is 2.90 bits per heavy atom. The van der Waals surface area contributed by atoms with Gasteiger partial charge in [-0.25, -0.2) is 4.98 Å². The largest absolute Gasteiger partial charge is 0.485 e. The van der Waals surface area contributed by atoms with Crippen molar-refractivity contribution in [1.82, 2.24) is 9.97 Å². The molecule has 0 aliphatic carbocycles. The topological polar surface area (TPSA) is 77.2 Å². The number of nitrogens with one attached hydrogen (secondary N) is 1. The van der Waals surface area contributed by atoms with E-state index in [9.17, 15) is 4.79 Å². The van der Waals surface area contributed by atoms with Crippen molar-refractivity contribution in [2.75, 3.05) is 5.32 Å². The molecule has 1 amide bonds. The van der Waals surface area contributed by atoms with E-state index in [-0.39, 0.29) is 6.61 Å². The Kier molecular flexibility index (Phi) is 5.77. The monoisotopic (exact) mass is 461 g/mol. The van der Waals surface area contributed by atoms with Crippen molar-refractivity contribution in [3.8, 4) is 29.0 Å². The van der Waals surface area contributed by atoms with E-state index in [1.807, 2.05) is 42.5 Å². The Balaban J connectivity index is 1.67. The van der Waals surface area contributed by atoms with Crippen LogP contribution in [0.25, 0.3) is 22.6 Å². The number of ether oxygens (including phenoxy) is 1. The summed E-state index contributed by atoms with van der Waals surface area (Å²) in [5.74, 6) is 5.56. The van der Waals surface area contributed by atoms with Crippen LogP contribution in [0.4, 0.5) is 5.69 Å². The number of oxazole rings is 1. The number of rotatable bonds is 5. The molecule has 4 rings (SSSR count). The predicted molar refractivity (Wildman–Crippen MR) is 118 cm³/mol. The molecule has 0 aliphatic rings. The lowest BCUT2D eigenvalue weighted by Crippen LogP contribution is -2.10. The van der Waals surface area contributed by atoms with Crippen LogP contribution in [0.3, 0.4) is 0 Å². The van der Waals surface area contributed by atoms with Crippen molar-refractivity contribution in [2.45, 2.75) is 13.5 Å². The quantitative estimate of drug-likeness (QED) is 0.413.